The predicted octanol–water partition coefficient (Wildman–Crippen LogP) is 1.28. The van der Waals surface area contributed by atoms with Gasteiger partial charge in [0.15, 0.2) is 0 Å². The highest BCUT2D eigenvalue weighted by molar-refractivity contribution is 5.69. The van der Waals surface area contributed by atoms with Crippen molar-refractivity contribution in [2.75, 3.05) is 13.2 Å². The zero-order valence-corrected chi connectivity index (χ0v) is 8.17. The van der Waals surface area contributed by atoms with Crippen LogP contribution in [0.3, 0.4) is 0 Å². The van der Waals surface area contributed by atoms with E-state index in [0.717, 1.165) is 0 Å². The molecule has 0 aliphatic carbocycles. The molecule has 0 aromatic rings. The molecule has 4 heteroatoms. The maximum Gasteiger partial charge on any atom is 0.305 e. The molecule has 0 saturated carbocycles. The summed E-state index contributed by atoms with van der Waals surface area (Å²) in [6.45, 7) is 4.12. The summed E-state index contributed by atoms with van der Waals surface area (Å²) >= 11 is 0. The first-order valence-electron chi connectivity index (χ1n) is 4.52. The third-order valence-corrected chi connectivity index (χ3v) is 1.39. The van der Waals surface area contributed by atoms with Gasteiger partial charge in [0.2, 0.25) is 0 Å². The van der Waals surface area contributed by atoms with E-state index in [1.54, 1.807) is 13.8 Å². The van der Waals surface area contributed by atoms with Gasteiger partial charge in [-0.2, -0.15) is 0 Å². The van der Waals surface area contributed by atoms with E-state index in [9.17, 15) is 9.59 Å². The number of hydrogen-bond donors (Lipinski definition) is 0. The fraction of sp³-hybridized carbons (Fsp3) is 0.778. The minimum Gasteiger partial charge on any atom is -0.466 e. The van der Waals surface area contributed by atoms with E-state index in [1.807, 2.05) is 0 Å². The Labute approximate surface area is 78.2 Å². The van der Waals surface area contributed by atoms with Gasteiger partial charge in [0.05, 0.1) is 13.2 Å². The van der Waals surface area contributed by atoms with Crippen LogP contribution < -0.4 is 0 Å². The lowest BCUT2D eigenvalue weighted by Gasteiger charge is -2.03. The van der Waals surface area contributed by atoms with Gasteiger partial charge in [0.25, 0.3) is 0 Å². The molecule has 0 aromatic heterocycles. The first-order valence-corrected chi connectivity index (χ1v) is 4.52. The number of rotatable bonds is 6. The van der Waals surface area contributed by atoms with Gasteiger partial charge in [-0.05, 0) is 0 Å². The van der Waals surface area contributed by atoms with Crippen LogP contribution in [0.25, 0.3) is 0 Å². The molecule has 0 unspecified atom stereocenters. The van der Waals surface area contributed by atoms with Gasteiger partial charge in [-0.25, -0.2) is 0 Å². The van der Waals surface area contributed by atoms with Crippen molar-refractivity contribution in [3.05, 3.63) is 0 Å². The van der Waals surface area contributed by atoms with E-state index in [1.165, 1.54) is 0 Å². The quantitative estimate of drug-likeness (QED) is 0.465. The molecular formula is C9H16O4. The van der Waals surface area contributed by atoms with Gasteiger partial charge in [-0.3, -0.25) is 9.59 Å². The molecule has 0 radical (unpaired) electrons. The van der Waals surface area contributed by atoms with Crippen LogP contribution in [0, 0.1) is 0 Å². The van der Waals surface area contributed by atoms with Crippen LogP contribution in [0.5, 0.6) is 0 Å². The van der Waals surface area contributed by atoms with Crippen molar-refractivity contribution in [3.63, 3.8) is 0 Å². The minimum absolute atomic E-state index is 0.221. The predicted molar refractivity (Wildman–Crippen MR) is 47.1 cm³/mol. The molecular weight excluding hydrogens is 172 g/mol. The number of carbonyl (C=O) groups is 2. The Balaban J connectivity index is 3.17. The Morgan fingerprint density at radius 2 is 1.31 bits per heavy atom. The summed E-state index contributed by atoms with van der Waals surface area (Å²) in [5, 5.41) is 0. The molecule has 0 rings (SSSR count). The Bertz CT molecular complexity index is 147. The van der Waals surface area contributed by atoms with Crippen LogP contribution in [0.2, 0.25) is 0 Å². The molecule has 0 aliphatic rings. The van der Waals surface area contributed by atoms with Gasteiger partial charge in [0.1, 0.15) is 0 Å². The third-order valence-electron chi connectivity index (χ3n) is 1.39. The average Bonchev–Trinajstić information content (AvgIpc) is 2.16. The van der Waals surface area contributed by atoms with Crippen molar-refractivity contribution in [2.24, 2.45) is 0 Å². The molecule has 0 aromatic carbocycles. The summed E-state index contributed by atoms with van der Waals surface area (Å²) in [4.78, 5) is 21.3. The molecule has 0 heterocycles. The van der Waals surface area contributed by atoms with E-state index in [-0.39, 0.29) is 11.9 Å². The van der Waals surface area contributed by atoms with E-state index in [2.05, 4.69) is 0 Å². The first-order chi connectivity index (χ1) is 6.20. The molecule has 0 N–H and O–H groups in total. The van der Waals surface area contributed by atoms with Gasteiger partial charge >= 0.3 is 11.9 Å². The summed E-state index contributed by atoms with van der Waals surface area (Å²) in [7, 11) is 0. The molecule has 76 valence electrons. The summed E-state index contributed by atoms with van der Waals surface area (Å²) in [5.41, 5.74) is 0. The lowest BCUT2D eigenvalue weighted by atomic mass is 10.4. The molecule has 13 heavy (non-hydrogen) atoms. The van der Waals surface area contributed by atoms with Crippen LogP contribution >= 0.6 is 0 Å². The second-order valence-corrected chi connectivity index (χ2v) is 2.50. The van der Waals surface area contributed by atoms with Crippen molar-refractivity contribution in [2.45, 2.75) is 33.1 Å². The number of hydrogen-bond acceptors (Lipinski definition) is 4. The highest BCUT2D eigenvalue weighted by Crippen LogP contribution is 1.90. The molecule has 0 saturated heterocycles. The largest absolute Gasteiger partial charge is 0.466 e. The zero-order valence-electron chi connectivity index (χ0n) is 8.17. The summed E-state index contributed by atoms with van der Waals surface area (Å²) < 4.78 is 9.55. The van der Waals surface area contributed by atoms with E-state index >= 15 is 0 Å². The summed E-state index contributed by atoms with van der Waals surface area (Å²) in [5.74, 6) is -0.441. The minimum atomic E-state index is -0.221. The van der Waals surface area contributed by atoms with Crippen molar-refractivity contribution < 1.29 is 19.1 Å². The van der Waals surface area contributed by atoms with Crippen molar-refractivity contribution in [3.8, 4) is 0 Å². The Hall–Kier alpha value is -1.06. The van der Waals surface area contributed by atoms with E-state index in [0.29, 0.717) is 32.5 Å². The summed E-state index contributed by atoms with van der Waals surface area (Å²) in [6.07, 6.45) is 1.33. The Morgan fingerprint density at radius 3 is 1.62 bits per heavy atom. The number of carbonyl (C=O) groups excluding carboxylic acids is 2. The van der Waals surface area contributed by atoms with Crippen LogP contribution in [0.1, 0.15) is 33.1 Å². The SMILES string of the molecule is CCC(=O)OCCCOC(=O)CC. The fourth-order valence-electron chi connectivity index (χ4n) is 0.635. The van der Waals surface area contributed by atoms with Crippen molar-refractivity contribution in [1.29, 1.82) is 0 Å². The lowest BCUT2D eigenvalue weighted by molar-refractivity contribution is -0.145. The normalized spacial score (nSPS) is 9.38. The van der Waals surface area contributed by atoms with Crippen molar-refractivity contribution >= 4 is 11.9 Å². The van der Waals surface area contributed by atoms with Gasteiger partial charge in [-0.15, -0.1) is 0 Å². The van der Waals surface area contributed by atoms with E-state index < -0.39 is 0 Å². The third kappa shape index (κ3) is 7.31. The maximum absolute atomic E-state index is 10.6. The maximum atomic E-state index is 10.6. The second-order valence-electron chi connectivity index (χ2n) is 2.50. The second kappa shape index (κ2) is 7.58. The Kier molecular flexibility index (Phi) is 6.96. The molecule has 0 amide bonds. The molecule has 0 atom stereocenters. The van der Waals surface area contributed by atoms with Gasteiger partial charge < -0.3 is 9.47 Å². The fourth-order valence-corrected chi connectivity index (χ4v) is 0.635. The van der Waals surface area contributed by atoms with Crippen LogP contribution in [0.4, 0.5) is 0 Å². The molecule has 4 nitrogen and oxygen atoms in total. The Morgan fingerprint density at radius 1 is 0.923 bits per heavy atom. The first kappa shape index (κ1) is 11.9. The van der Waals surface area contributed by atoms with Crippen LogP contribution in [-0.4, -0.2) is 25.2 Å². The highest BCUT2D eigenvalue weighted by Gasteiger charge is 1.99. The smallest absolute Gasteiger partial charge is 0.305 e. The standard InChI is InChI=1S/C9H16O4/c1-3-8(10)12-6-5-7-13-9(11)4-2/h3-7H2,1-2H3. The molecule has 0 spiro atoms. The number of ether oxygens (including phenoxy) is 2. The average molecular weight is 188 g/mol. The highest BCUT2D eigenvalue weighted by atomic mass is 16.5. The van der Waals surface area contributed by atoms with Crippen LogP contribution in [-0.2, 0) is 19.1 Å². The number of esters is 2. The molecule has 0 fully saturated rings. The lowest BCUT2D eigenvalue weighted by Crippen LogP contribution is -2.09. The van der Waals surface area contributed by atoms with Crippen LogP contribution in [0.15, 0.2) is 0 Å². The van der Waals surface area contributed by atoms with E-state index in [4.69, 9.17) is 9.47 Å². The monoisotopic (exact) mass is 188 g/mol. The topological polar surface area (TPSA) is 52.6 Å². The zero-order chi connectivity index (χ0) is 10.1. The molecule has 0 aliphatic heterocycles. The van der Waals surface area contributed by atoms with Crippen molar-refractivity contribution in [1.82, 2.24) is 0 Å². The van der Waals surface area contributed by atoms with Gasteiger partial charge in [-0.1, -0.05) is 13.8 Å². The summed E-state index contributed by atoms with van der Waals surface area (Å²) in [6, 6.07) is 0. The van der Waals surface area contributed by atoms with Gasteiger partial charge in [0, 0.05) is 19.3 Å². The molecule has 0 bridgehead atoms.